The summed E-state index contributed by atoms with van der Waals surface area (Å²) in [5.41, 5.74) is 1.18. The van der Waals surface area contributed by atoms with Crippen LogP contribution >= 0.6 is 0 Å². The lowest BCUT2D eigenvalue weighted by Crippen LogP contribution is -2.20. The van der Waals surface area contributed by atoms with Crippen molar-refractivity contribution in [3.63, 3.8) is 0 Å². The van der Waals surface area contributed by atoms with E-state index in [0.717, 1.165) is 26.1 Å². The average molecular weight is 278 g/mol. The Morgan fingerprint density at radius 3 is 2.80 bits per heavy atom. The largest absolute Gasteiger partial charge is 0.481 e. The summed E-state index contributed by atoms with van der Waals surface area (Å²) < 4.78 is 10.9. The molecule has 0 radical (unpaired) electrons. The summed E-state index contributed by atoms with van der Waals surface area (Å²) in [6.45, 7) is 2.71. The van der Waals surface area contributed by atoms with Gasteiger partial charge in [-0.1, -0.05) is 25.3 Å². The molecule has 0 atom stereocenters. The van der Waals surface area contributed by atoms with E-state index in [1.54, 1.807) is 7.11 Å². The summed E-state index contributed by atoms with van der Waals surface area (Å²) in [6.07, 6.45) is 10.0. The highest BCUT2D eigenvalue weighted by atomic mass is 16.5. The number of hydrogen-bond acceptors (Lipinski definition) is 4. The number of aromatic nitrogens is 1. The molecule has 1 aromatic rings. The molecule has 0 saturated heterocycles. The van der Waals surface area contributed by atoms with Crippen LogP contribution < -0.4 is 10.1 Å². The molecule has 1 fully saturated rings. The normalized spacial score (nSPS) is 16.2. The molecule has 1 saturated carbocycles. The summed E-state index contributed by atoms with van der Waals surface area (Å²) in [5.74, 6) is 0.662. The van der Waals surface area contributed by atoms with Crippen LogP contribution in [0.4, 0.5) is 0 Å². The zero-order chi connectivity index (χ0) is 14.0. The summed E-state index contributed by atoms with van der Waals surface area (Å²) >= 11 is 0. The number of nitrogens with zero attached hydrogens (tertiary/aromatic N) is 1. The van der Waals surface area contributed by atoms with Gasteiger partial charge in [0.15, 0.2) is 0 Å². The molecular weight excluding hydrogens is 252 g/mol. The quantitative estimate of drug-likeness (QED) is 0.743. The number of rotatable bonds is 8. The fourth-order valence-corrected chi connectivity index (χ4v) is 2.55. The molecular formula is C16H26N2O2. The molecule has 0 bridgehead atoms. The highest BCUT2D eigenvalue weighted by molar-refractivity contribution is 5.17. The molecule has 0 aromatic carbocycles. The molecule has 112 valence electrons. The SMILES string of the molecule is COc1ccc(CNCCCOC2CCCCC2)cn1. The van der Waals surface area contributed by atoms with Gasteiger partial charge in [0.1, 0.15) is 0 Å². The fraction of sp³-hybridized carbons (Fsp3) is 0.688. The van der Waals surface area contributed by atoms with Crippen molar-refractivity contribution in [2.45, 2.75) is 51.2 Å². The second-order valence-electron chi connectivity index (χ2n) is 5.37. The van der Waals surface area contributed by atoms with Crippen LogP contribution in [0.2, 0.25) is 0 Å². The average Bonchev–Trinajstić information content (AvgIpc) is 2.52. The van der Waals surface area contributed by atoms with Gasteiger partial charge in [-0.05, 0) is 31.4 Å². The fourth-order valence-electron chi connectivity index (χ4n) is 2.55. The van der Waals surface area contributed by atoms with Crippen molar-refractivity contribution in [2.24, 2.45) is 0 Å². The van der Waals surface area contributed by atoms with Crippen molar-refractivity contribution in [1.29, 1.82) is 0 Å². The Balaban J connectivity index is 1.50. The smallest absolute Gasteiger partial charge is 0.212 e. The summed E-state index contributed by atoms with van der Waals surface area (Å²) in [5, 5.41) is 3.42. The third kappa shape index (κ3) is 5.47. The van der Waals surface area contributed by atoms with Crippen molar-refractivity contribution < 1.29 is 9.47 Å². The third-order valence-corrected chi connectivity index (χ3v) is 3.74. The molecule has 1 aromatic heterocycles. The van der Waals surface area contributed by atoms with Crippen molar-refractivity contribution >= 4 is 0 Å². The molecule has 20 heavy (non-hydrogen) atoms. The standard InChI is InChI=1S/C16H26N2O2/c1-19-16-9-8-14(13-18-16)12-17-10-5-11-20-15-6-3-2-4-7-15/h8-9,13,15,17H,2-7,10-12H2,1H3. The molecule has 0 spiro atoms. The molecule has 0 unspecified atom stereocenters. The van der Waals surface area contributed by atoms with E-state index in [0.29, 0.717) is 12.0 Å². The lowest BCUT2D eigenvalue weighted by atomic mass is 9.98. The van der Waals surface area contributed by atoms with E-state index >= 15 is 0 Å². The zero-order valence-corrected chi connectivity index (χ0v) is 12.4. The van der Waals surface area contributed by atoms with Gasteiger partial charge in [0, 0.05) is 25.4 Å². The first-order valence-electron chi connectivity index (χ1n) is 7.70. The minimum absolute atomic E-state index is 0.523. The van der Waals surface area contributed by atoms with Crippen molar-refractivity contribution in [1.82, 2.24) is 10.3 Å². The maximum Gasteiger partial charge on any atom is 0.212 e. The molecule has 1 aliphatic rings. The van der Waals surface area contributed by atoms with Gasteiger partial charge in [-0.3, -0.25) is 0 Å². The Kier molecular flexibility index (Phi) is 6.81. The van der Waals surface area contributed by atoms with Crippen molar-refractivity contribution in [3.8, 4) is 5.88 Å². The molecule has 4 heteroatoms. The highest BCUT2D eigenvalue weighted by Gasteiger charge is 2.12. The van der Waals surface area contributed by atoms with Gasteiger partial charge in [0.05, 0.1) is 13.2 Å². The summed E-state index contributed by atoms with van der Waals surface area (Å²) in [7, 11) is 1.63. The molecule has 1 N–H and O–H groups in total. The second-order valence-corrected chi connectivity index (χ2v) is 5.37. The van der Waals surface area contributed by atoms with E-state index in [9.17, 15) is 0 Å². The summed E-state index contributed by atoms with van der Waals surface area (Å²) in [4.78, 5) is 4.19. The first-order chi connectivity index (χ1) is 9.88. The van der Waals surface area contributed by atoms with Crippen LogP contribution in [0.25, 0.3) is 0 Å². The predicted octanol–water partition coefficient (Wildman–Crippen LogP) is 2.92. The van der Waals surface area contributed by atoms with Crippen LogP contribution in [-0.4, -0.2) is 31.3 Å². The maximum absolute atomic E-state index is 5.90. The van der Waals surface area contributed by atoms with Crippen LogP contribution in [0.15, 0.2) is 18.3 Å². The molecule has 4 nitrogen and oxygen atoms in total. The molecule has 0 amide bonds. The van der Waals surface area contributed by atoms with Gasteiger partial charge < -0.3 is 14.8 Å². The lowest BCUT2D eigenvalue weighted by molar-refractivity contribution is 0.0273. The van der Waals surface area contributed by atoms with E-state index < -0.39 is 0 Å². The van der Waals surface area contributed by atoms with E-state index in [1.807, 2.05) is 18.3 Å². The van der Waals surface area contributed by atoms with Crippen molar-refractivity contribution in [2.75, 3.05) is 20.3 Å². The van der Waals surface area contributed by atoms with Crippen LogP contribution in [0, 0.1) is 0 Å². The van der Waals surface area contributed by atoms with E-state index in [2.05, 4.69) is 10.3 Å². The predicted molar refractivity (Wildman–Crippen MR) is 79.9 cm³/mol. The minimum atomic E-state index is 0.523. The molecule has 0 aliphatic heterocycles. The number of pyridine rings is 1. The molecule has 1 heterocycles. The molecule has 2 rings (SSSR count). The highest BCUT2D eigenvalue weighted by Crippen LogP contribution is 2.20. The Morgan fingerprint density at radius 2 is 2.10 bits per heavy atom. The van der Waals surface area contributed by atoms with Crippen molar-refractivity contribution in [3.05, 3.63) is 23.9 Å². The number of hydrogen-bond donors (Lipinski definition) is 1. The van der Waals surface area contributed by atoms with Crippen LogP contribution in [-0.2, 0) is 11.3 Å². The zero-order valence-electron chi connectivity index (χ0n) is 12.4. The van der Waals surface area contributed by atoms with Gasteiger partial charge in [0.2, 0.25) is 5.88 Å². The maximum atomic E-state index is 5.90. The van der Waals surface area contributed by atoms with Gasteiger partial charge >= 0.3 is 0 Å². The van der Waals surface area contributed by atoms with Gasteiger partial charge in [-0.25, -0.2) is 4.98 Å². The second kappa shape index (κ2) is 8.93. The Hall–Kier alpha value is -1.13. The number of nitrogens with one attached hydrogen (secondary N) is 1. The Labute approximate surface area is 121 Å². The van der Waals surface area contributed by atoms with Gasteiger partial charge in [-0.2, -0.15) is 0 Å². The number of ether oxygens (including phenoxy) is 2. The lowest BCUT2D eigenvalue weighted by Gasteiger charge is -2.21. The van der Waals surface area contributed by atoms with Gasteiger partial charge in [0.25, 0.3) is 0 Å². The first kappa shape index (κ1) is 15.3. The number of methoxy groups -OCH3 is 1. The van der Waals surface area contributed by atoms with Gasteiger partial charge in [-0.15, -0.1) is 0 Å². The Morgan fingerprint density at radius 1 is 1.25 bits per heavy atom. The minimum Gasteiger partial charge on any atom is -0.481 e. The van der Waals surface area contributed by atoms with E-state index in [1.165, 1.54) is 37.7 Å². The third-order valence-electron chi connectivity index (χ3n) is 3.74. The van der Waals surface area contributed by atoms with E-state index in [-0.39, 0.29) is 0 Å². The molecule has 1 aliphatic carbocycles. The van der Waals surface area contributed by atoms with Crippen LogP contribution in [0.5, 0.6) is 5.88 Å². The van der Waals surface area contributed by atoms with Crippen LogP contribution in [0.3, 0.4) is 0 Å². The Bertz CT molecular complexity index is 361. The topological polar surface area (TPSA) is 43.4 Å². The van der Waals surface area contributed by atoms with Crippen LogP contribution in [0.1, 0.15) is 44.1 Å². The van der Waals surface area contributed by atoms with E-state index in [4.69, 9.17) is 9.47 Å². The first-order valence-corrected chi connectivity index (χ1v) is 7.70. The monoisotopic (exact) mass is 278 g/mol. The summed E-state index contributed by atoms with van der Waals surface area (Å²) in [6, 6.07) is 3.93.